The lowest BCUT2D eigenvalue weighted by molar-refractivity contribution is 0.0178. The van der Waals surface area contributed by atoms with E-state index < -0.39 is 8.80 Å². The lowest BCUT2D eigenvalue weighted by atomic mass is 10.2. The summed E-state index contributed by atoms with van der Waals surface area (Å²) in [7, 11) is -0.926. The minimum Gasteiger partial charge on any atom is -0.379 e. The fraction of sp³-hybridized carbons (Fsp3) is 1.00. The van der Waals surface area contributed by atoms with Crippen LogP contribution in [0, 0.1) is 0 Å². The average Bonchev–Trinajstić information content (AvgIpc) is 2.83. The fourth-order valence-corrected chi connectivity index (χ4v) is 5.94. The minimum atomic E-state index is -2.66. The molecule has 132 valence electrons. The van der Waals surface area contributed by atoms with Crippen molar-refractivity contribution >= 4 is 8.80 Å². The molecule has 1 saturated carbocycles. The monoisotopic (exact) mass is 334 g/mol. The Morgan fingerprint density at radius 1 is 0.773 bits per heavy atom. The molecular formula is C16H34O5Si. The summed E-state index contributed by atoms with van der Waals surface area (Å²) in [6, 6.07) is 0. The zero-order chi connectivity index (χ0) is 16.1. The van der Waals surface area contributed by atoms with Crippen LogP contribution in [0.4, 0.5) is 0 Å². The van der Waals surface area contributed by atoms with E-state index in [2.05, 4.69) is 0 Å². The highest BCUT2D eigenvalue weighted by atomic mass is 28.4. The molecule has 1 aliphatic rings. The van der Waals surface area contributed by atoms with Crippen molar-refractivity contribution in [3.8, 4) is 0 Å². The van der Waals surface area contributed by atoms with Gasteiger partial charge in [0.05, 0.1) is 26.4 Å². The first kappa shape index (κ1) is 20.1. The smallest absolute Gasteiger partial charge is 0.379 e. The molecule has 0 saturated heterocycles. The lowest BCUT2D eigenvalue weighted by Crippen LogP contribution is -2.50. The molecular weight excluding hydrogens is 300 g/mol. The van der Waals surface area contributed by atoms with E-state index in [-0.39, 0.29) is 0 Å². The molecule has 0 N–H and O–H groups in total. The van der Waals surface area contributed by atoms with E-state index in [1.165, 1.54) is 25.7 Å². The van der Waals surface area contributed by atoms with Crippen molar-refractivity contribution < 1.29 is 22.8 Å². The Labute approximate surface area is 137 Å². The van der Waals surface area contributed by atoms with Gasteiger partial charge in [-0.15, -0.1) is 0 Å². The molecule has 0 spiro atoms. The van der Waals surface area contributed by atoms with E-state index >= 15 is 0 Å². The molecule has 5 nitrogen and oxygen atoms in total. The molecule has 22 heavy (non-hydrogen) atoms. The van der Waals surface area contributed by atoms with Gasteiger partial charge in [0.1, 0.15) is 0 Å². The molecule has 0 bridgehead atoms. The number of hydrogen-bond donors (Lipinski definition) is 0. The van der Waals surface area contributed by atoms with E-state index in [4.69, 9.17) is 22.8 Å². The maximum Gasteiger partial charge on any atom is 0.504 e. The zero-order valence-electron chi connectivity index (χ0n) is 14.6. The summed E-state index contributed by atoms with van der Waals surface area (Å²) in [4.78, 5) is 0. The summed E-state index contributed by atoms with van der Waals surface area (Å²) in [5, 5.41) is 0. The molecule has 1 fully saturated rings. The van der Waals surface area contributed by atoms with Crippen LogP contribution in [0.3, 0.4) is 0 Å². The van der Waals surface area contributed by atoms with Crippen molar-refractivity contribution in [3.63, 3.8) is 0 Å². The molecule has 0 aromatic heterocycles. The molecule has 0 aromatic rings. The molecule has 6 heteroatoms. The molecule has 0 heterocycles. The molecule has 0 radical (unpaired) electrons. The van der Waals surface area contributed by atoms with Gasteiger partial charge in [-0.2, -0.15) is 0 Å². The summed E-state index contributed by atoms with van der Waals surface area (Å²) in [6.45, 7) is 7.67. The summed E-state index contributed by atoms with van der Waals surface area (Å²) in [6.07, 6.45) is 7.39. The van der Waals surface area contributed by atoms with Crippen LogP contribution in [-0.2, 0) is 22.8 Å². The van der Waals surface area contributed by atoms with Crippen LogP contribution in [0.2, 0.25) is 5.54 Å². The van der Waals surface area contributed by atoms with Crippen molar-refractivity contribution in [2.75, 3.05) is 46.8 Å². The van der Waals surface area contributed by atoms with Gasteiger partial charge in [-0.3, -0.25) is 0 Å². The minimum absolute atomic E-state index is 0.406. The number of rotatable bonds is 12. The number of hydrogen-bond acceptors (Lipinski definition) is 5. The molecule has 1 rings (SSSR count). The maximum absolute atomic E-state index is 6.17. The van der Waals surface area contributed by atoms with Gasteiger partial charge < -0.3 is 22.8 Å². The third-order valence-corrected chi connectivity index (χ3v) is 7.47. The van der Waals surface area contributed by atoms with Gasteiger partial charge in [0, 0.05) is 25.9 Å². The molecule has 0 aromatic carbocycles. The van der Waals surface area contributed by atoms with Crippen LogP contribution in [0.5, 0.6) is 0 Å². The standard InChI is InChI=1S/C16H34O5Si/c1-4-18-12-14-20-22(17-3,21-15-13-19-5-2)16-10-8-6-7-9-11-16/h16H,4-15H2,1-3H3. The SMILES string of the molecule is CCOCCO[Si](OC)(OCCOCC)C1CCCCCC1. The third kappa shape index (κ3) is 7.06. The van der Waals surface area contributed by atoms with Gasteiger partial charge in [0.2, 0.25) is 0 Å². The van der Waals surface area contributed by atoms with E-state index in [0.29, 0.717) is 45.2 Å². The summed E-state index contributed by atoms with van der Waals surface area (Å²) < 4.78 is 29.0. The summed E-state index contributed by atoms with van der Waals surface area (Å²) in [5.41, 5.74) is 0.406. The predicted molar refractivity (Wildman–Crippen MR) is 89.1 cm³/mol. The van der Waals surface area contributed by atoms with Crippen LogP contribution in [0.1, 0.15) is 52.4 Å². The van der Waals surface area contributed by atoms with Crippen LogP contribution < -0.4 is 0 Å². The zero-order valence-corrected chi connectivity index (χ0v) is 15.6. The van der Waals surface area contributed by atoms with Crippen LogP contribution in [-0.4, -0.2) is 55.6 Å². The molecule has 0 aliphatic heterocycles. The summed E-state index contributed by atoms with van der Waals surface area (Å²) in [5.74, 6) is 0. The van der Waals surface area contributed by atoms with Crippen molar-refractivity contribution in [1.82, 2.24) is 0 Å². The predicted octanol–water partition coefficient (Wildman–Crippen LogP) is 3.40. The number of ether oxygens (including phenoxy) is 2. The summed E-state index contributed by atoms with van der Waals surface area (Å²) >= 11 is 0. The highest BCUT2D eigenvalue weighted by molar-refractivity contribution is 6.62. The Morgan fingerprint density at radius 2 is 1.27 bits per heavy atom. The Kier molecular flexibility index (Phi) is 11.3. The topological polar surface area (TPSA) is 46.2 Å². The highest BCUT2D eigenvalue weighted by Gasteiger charge is 2.48. The lowest BCUT2D eigenvalue weighted by Gasteiger charge is -2.34. The molecule has 0 amide bonds. The third-order valence-electron chi connectivity index (χ3n) is 4.11. The first-order chi connectivity index (χ1) is 10.8. The van der Waals surface area contributed by atoms with Crippen molar-refractivity contribution in [1.29, 1.82) is 0 Å². The van der Waals surface area contributed by atoms with E-state index in [9.17, 15) is 0 Å². The van der Waals surface area contributed by atoms with Gasteiger partial charge in [-0.05, 0) is 26.7 Å². The van der Waals surface area contributed by atoms with Gasteiger partial charge >= 0.3 is 8.80 Å². The highest BCUT2D eigenvalue weighted by Crippen LogP contribution is 2.37. The van der Waals surface area contributed by atoms with Crippen LogP contribution in [0.15, 0.2) is 0 Å². The van der Waals surface area contributed by atoms with Crippen molar-refractivity contribution in [2.45, 2.75) is 57.9 Å². The second-order valence-corrected chi connectivity index (χ2v) is 8.60. The molecule has 1 aliphatic carbocycles. The second kappa shape index (κ2) is 12.4. The van der Waals surface area contributed by atoms with Gasteiger partial charge in [0.25, 0.3) is 0 Å². The first-order valence-corrected chi connectivity index (χ1v) is 10.6. The molecule has 0 unspecified atom stereocenters. The van der Waals surface area contributed by atoms with Crippen LogP contribution >= 0.6 is 0 Å². The Bertz CT molecular complexity index is 245. The van der Waals surface area contributed by atoms with E-state index in [0.717, 1.165) is 12.8 Å². The van der Waals surface area contributed by atoms with Gasteiger partial charge in [-0.1, -0.05) is 25.7 Å². The first-order valence-electron chi connectivity index (χ1n) is 8.77. The van der Waals surface area contributed by atoms with E-state index in [1.807, 2.05) is 13.8 Å². The van der Waals surface area contributed by atoms with Gasteiger partial charge in [0.15, 0.2) is 0 Å². The van der Waals surface area contributed by atoms with Crippen LogP contribution in [0.25, 0.3) is 0 Å². The van der Waals surface area contributed by atoms with Gasteiger partial charge in [-0.25, -0.2) is 0 Å². The molecule has 0 atom stereocenters. The fourth-order valence-electron chi connectivity index (χ4n) is 2.97. The largest absolute Gasteiger partial charge is 0.504 e. The van der Waals surface area contributed by atoms with Crippen molar-refractivity contribution in [2.24, 2.45) is 0 Å². The average molecular weight is 335 g/mol. The Morgan fingerprint density at radius 3 is 1.68 bits per heavy atom. The second-order valence-electron chi connectivity index (χ2n) is 5.59. The maximum atomic E-state index is 6.17. The Hall–Kier alpha value is 0.0169. The Balaban J connectivity index is 2.61. The van der Waals surface area contributed by atoms with E-state index in [1.54, 1.807) is 7.11 Å². The quantitative estimate of drug-likeness (QED) is 0.311. The normalized spacial score (nSPS) is 17.6. The van der Waals surface area contributed by atoms with Crippen molar-refractivity contribution in [3.05, 3.63) is 0 Å².